The van der Waals surface area contributed by atoms with Gasteiger partial charge in [-0.15, -0.1) is 0 Å². The number of ether oxygens (including phenoxy) is 1. The maximum atomic E-state index is 12.9. The second-order valence-corrected chi connectivity index (χ2v) is 5.52. The van der Waals surface area contributed by atoms with Gasteiger partial charge in [0.2, 0.25) is 0 Å². The van der Waals surface area contributed by atoms with Crippen molar-refractivity contribution < 1.29 is 13.9 Å². The molecule has 0 amide bonds. The van der Waals surface area contributed by atoms with Gasteiger partial charge in [0, 0.05) is 11.1 Å². The minimum Gasteiger partial charge on any atom is -0.488 e. The molecule has 2 nitrogen and oxygen atoms in total. The van der Waals surface area contributed by atoms with E-state index in [1.165, 1.54) is 30.3 Å². The molecule has 0 aliphatic carbocycles. The minimum absolute atomic E-state index is 0.183. The lowest BCUT2D eigenvalue weighted by Crippen LogP contribution is -1.97. The SMILES string of the molecule is O=C(/C=C/c1ccccc1OCc1ccccc1)c1ccc(F)cc1. The Balaban J connectivity index is 1.72. The minimum atomic E-state index is -0.361. The summed E-state index contributed by atoms with van der Waals surface area (Å²) in [5.74, 6) is 0.160. The van der Waals surface area contributed by atoms with E-state index < -0.39 is 0 Å². The lowest BCUT2D eigenvalue weighted by Gasteiger charge is -2.09. The van der Waals surface area contributed by atoms with E-state index >= 15 is 0 Å². The van der Waals surface area contributed by atoms with Crippen LogP contribution < -0.4 is 4.74 Å². The maximum Gasteiger partial charge on any atom is 0.185 e. The zero-order valence-corrected chi connectivity index (χ0v) is 13.6. The van der Waals surface area contributed by atoms with Crippen LogP contribution in [0.3, 0.4) is 0 Å². The summed E-state index contributed by atoms with van der Waals surface area (Å²) < 4.78 is 18.8. The number of carbonyl (C=O) groups is 1. The molecule has 0 atom stereocenters. The van der Waals surface area contributed by atoms with Crippen LogP contribution in [0.25, 0.3) is 6.08 Å². The normalized spacial score (nSPS) is 10.8. The molecule has 0 unspecified atom stereocenters. The van der Waals surface area contributed by atoms with Crippen molar-refractivity contribution in [1.29, 1.82) is 0 Å². The molecule has 0 spiro atoms. The van der Waals surface area contributed by atoms with Crippen molar-refractivity contribution in [3.63, 3.8) is 0 Å². The molecule has 3 rings (SSSR count). The summed E-state index contributed by atoms with van der Waals surface area (Å²) in [5, 5.41) is 0. The van der Waals surface area contributed by atoms with Crippen LogP contribution in [0.15, 0.2) is 84.9 Å². The molecule has 0 aliphatic heterocycles. The lowest BCUT2D eigenvalue weighted by molar-refractivity contribution is 0.104. The zero-order chi connectivity index (χ0) is 17.5. The fourth-order valence-corrected chi connectivity index (χ4v) is 2.36. The molecular weight excluding hydrogens is 315 g/mol. The Labute approximate surface area is 146 Å². The summed E-state index contributed by atoms with van der Waals surface area (Å²) >= 11 is 0. The average Bonchev–Trinajstić information content (AvgIpc) is 2.66. The largest absolute Gasteiger partial charge is 0.488 e. The summed E-state index contributed by atoms with van der Waals surface area (Å²) in [6.07, 6.45) is 3.18. The van der Waals surface area contributed by atoms with Gasteiger partial charge < -0.3 is 4.74 Å². The Morgan fingerprint density at radius 2 is 1.56 bits per heavy atom. The summed E-state index contributed by atoms with van der Waals surface area (Å²) in [7, 11) is 0. The molecule has 124 valence electrons. The summed E-state index contributed by atoms with van der Waals surface area (Å²) in [5.41, 5.74) is 2.33. The van der Waals surface area contributed by atoms with Gasteiger partial charge in [0.15, 0.2) is 5.78 Å². The lowest BCUT2D eigenvalue weighted by atomic mass is 10.1. The quantitative estimate of drug-likeness (QED) is 0.452. The van der Waals surface area contributed by atoms with Gasteiger partial charge in [-0.2, -0.15) is 0 Å². The molecule has 25 heavy (non-hydrogen) atoms. The molecular formula is C22H17FO2. The number of carbonyl (C=O) groups excluding carboxylic acids is 1. The number of hydrogen-bond acceptors (Lipinski definition) is 2. The predicted molar refractivity (Wildman–Crippen MR) is 97.0 cm³/mol. The van der Waals surface area contributed by atoms with E-state index in [1.807, 2.05) is 54.6 Å². The maximum absolute atomic E-state index is 12.9. The van der Waals surface area contributed by atoms with Gasteiger partial charge in [-0.05, 0) is 48.0 Å². The summed E-state index contributed by atoms with van der Waals surface area (Å²) in [6, 6.07) is 22.9. The second kappa shape index (κ2) is 8.06. The highest BCUT2D eigenvalue weighted by atomic mass is 19.1. The molecule has 0 aromatic heterocycles. The fourth-order valence-electron chi connectivity index (χ4n) is 2.36. The van der Waals surface area contributed by atoms with Gasteiger partial charge in [-0.1, -0.05) is 48.5 Å². The summed E-state index contributed by atoms with van der Waals surface area (Å²) in [4.78, 5) is 12.2. The predicted octanol–water partition coefficient (Wildman–Crippen LogP) is 5.30. The van der Waals surface area contributed by atoms with Gasteiger partial charge in [0.25, 0.3) is 0 Å². The first kappa shape index (κ1) is 16.7. The third-order valence-electron chi connectivity index (χ3n) is 3.70. The van der Waals surface area contributed by atoms with Crippen LogP contribution >= 0.6 is 0 Å². The van der Waals surface area contributed by atoms with Crippen LogP contribution in [-0.4, -0.2) is 5.78 Å². The van der Waals surface area contributed by atoms with Gasteiger partial charge in [-0.25, -0.2) is 4.39 Å². The number of allylic oxidation sites excluding steroid dienone is 1. The van der Waals surface area contributed by atoms with Gasteiger partial charge >= 0.3 is 0 Å². The first-order chi connectivity index (χ1) is 12.2. The number of rotatable bonds is 6. The molecule has 3 heteroatoms. The Bertz CT molecular complexity index is 868. The first-order valence-corrected chi connectivity index (χ1v) is 7.96. The Kier molecular flexibility index (Phi) is 5.37. The second-order valence-electron chi connectivity index (χ2n) is 5.52. The van der Waals surface area contributed by atoms with E-state index in [1.54, 1.807) is 6.08 Å². The van der Waals surface area contributed by atoms with Crippen molar-refractivity contribution in [2.24, 2.45) is 0 Å². The van der Waals surface area contributed by atoms with Crippen molar-refractivity contribution in [1.82, 2.24) is 0 Å². The van der Waals surface area contributed by atoms with Crippen molar-refractivity contribution in [2.75, 3.05) is 0 Å². The molecule has 0 heterocycles. The molecule has 0 aliphatic rings. The van der Waals surface area contributed by atoms with Gasteiger partial charge in [0.05, 0.1) is 0 Å². The zero-order valence-electron chi connectivity index (χ0n) is 13.6. The van der Waals surface area contributed by atoms with Crippen molar-refractivity contribution in [2.45, 2.75) is 6.61 Å². The monoisotopic (exact) mass is 332 g/mol. The summed E-state index contributed by atoms with van der Waals surface area (Å²) in [6.45, 7) is 0.456. The van der Waals surface area contributed by atoms with E-state index in [9.17, 15) is 9.18 Å². The first-order valence-electron chi connectivity index (χ1n) is 7.96. The Hall–Kier alpha value is -3.20. The molecule has 0 bridgehead atoms. The average molecular weight is 332 g/mol. The third kappa shape index (κ3) is 4.64. The fraction of sp³-hybridized carbons (Fsp3) is 0.0455. The molecule has 0 saturated heterocycles. The van der Waals surface area contributed by atoms with E-state index in [-0.39, 0.29) is 11.6 Å². The van der Waals surface area contributed by atoms with Gasteiger partial charge in [0.1, 0.15) is 18.2 Å². The molecule has 0 saturated carbocycles. The van der Waals surface area contributed by atoms with Crippen LogP contribution in [0.2, 0.25) is 0 Å². The molecule has 3 aromatic rings. The van der Waals surface area contributed by atoms with Crippen molar-refractivity contribution >= 4 is 11.9 Å². The van der Waals surface area contributed by atoms with Crippen LogP contribution in [0.5, 0.6) is 5.75 Å². The highest BCUT2D eigenvalue weighted by molar-refractivity contribution is 6.06. The molecule has 0 N–H and O–H groups in total. The number of para-hydroxylation sites is 1. The van der Waals surface area contributed by atoms with E-state index in [2.05, 4.69) is 0 Å². The third-order valence-corrected chi connectivity index (χ3v) is 3.70. The number of halogens is 1. The Morgan fingerprint density at radius 3 is 2.32 bits per heavy atom. The van der Waals surface area contributed by atoms with Gasteiger partial charge in [-0.3, -0.25) is 4.79 Å². The number of ketones is 1. The van der Waals surface area contributed by atoms with E-state index in [0.717, 1.165) is 11.1 Å². The van der Waals surface area contributed by atoms with Crippen LogP contribution in [0.4, 0.5) is 4.39 Å². The molecule has 0 radical (unpaired) electrons. The van der Waals surface area contributed by atoms with Crippen LogP contribution in [0, 0.1) is 5.82 Å². The highest BCUT2D eigenvalue weighted by Gasteiger charge is 2.04. The smallest absolute Gasteiger partial charge is 0.185 e. The highest BCUT2D eigenvalue weighted by Crippen LogP contribution is 2.21. The van der Waals surface area contributed by atoms with E-state index in [0.29, 0.717) is 17.9 Å². The van der Waals surface area contributed by atoms with Crippen molar-refractivity contribution in [3.8, 4) is 5.75 Å². The molecule has 0 fully saturated rings. The van der Waals surface area contributed by atoms with Crippen LogP contribution in [0.1, 0.15) is 21.5 Å². The van der Waals surface area contributed by atoms with E-state index in [4.69, 9.17) is 4.74 Å². The topological polar surface area (TPSA) is 26.3 Å². The number of benzene rings is 3. The van der Waals surface area contributed by atoms with Crippen molar-refractivity contribution in [3.05, 3.63) is 107 Å². The standard InChI is InChI=1S/C22H17FO2/c23-20-13-10-18(11-14-20)21(24)15-12-19-8-4-5-9-22(19)25-16-17-6-2-1-3-7-17/h1-15H,16H2/b15-12+. The Morgan fingerprint density at radius 1 is 0.880 bits per heavy atom. The van der Waals surface area contributed by atoms with Crippen LogP contribution in [-0.2, 0) is 6.61 Å². The number of hydrogen-bond donors (Lipinski definition) is 0. The molecule has 3 aromatic carbocycles.